The fraction of sp³-hybridized carbons (Fsp3) is 0.500. The largest absolute Gasteiger partial charge is 0.326 e. The highest BCUT2D eigenvalue weighted by Crippen LogP contribution is 2.26. The molecule has 0 bridgehead atoms. The lowest BCUT2D eigenvalue weighted by atomic mass is 10.0. The number of alkyl halides is 2. The summed E-state index contributed by atoms with van der Waals surface area (Å²) in [5, 5.41) is 2.78. The molecule has 0 saturated heterocycles. The summed E-state index contributed by atoms with van der Waals surface area (Å²) < 4.78 is 24.3. The van der Waals surface area contributed by atoms with Gasteiger partial charge in [-0.3, -0.25) is 4.79 Å². The minimum atomic E-state index is -2.42. The molecule has 2 nitrogen and oxygen atoms in total. The zero-order valence-corrected chi connectivity index (χ0v) is 12.0. The van der Waals surface area contributed by atoms with Gasteiger partial charge in [0.2, 0.25) is 5.91 Å². The molecule has 1 atom stereocenters. The third kappa shape index (κ3) is 6.57. The molecule has 106 valence electrons. The molecule has 0 aliphatic heterocycles. The highest BCUT2D eigenvalue weighted by Gasteiger charge is 2.09. The maximum Gasteiger partial charge on any atom is 0.288 e. The van der Waals surface area contributed by atoms with Gasteiger partial charge in [0.1, 0.15) is 0 Å². The van der Waals surface area contributed by atoms with Gasteiger partial charge in [-0.25, -0.2) is 0 Å². The van der Waals surface area contributed by atoms with Crippen LogP contribution in [0.3, 0.4) is 0 Å². The first-order valence-electron chi connectivity index (χ1n) is 6.36. The average Bonchev–Trinajstić information content (AvgIpc) is 2.31. The van der Waals surface area contributed by atoms with Gasteiger partial charge in [0, 0.05) is 17.0 Å². The Bertz CT molecular complexity index is 395. The van der Waals surface area contributed by atoms with Crippen LogP contribution in [0.5, 0.6) is 0 Å². The van der Waals surface area contributed by atoms with Crippen molar-refractivity contribution in [3.63, 3.8) is 0 Å². The summed E-state index contributed by atoms with van der Waals surface area (Å²) in [4.78, 5) is 12.2. The molecule has 1 N–H and O–H groups in total. The second kappa shape index (κ2) is 8.15. The first kappa shape index (κ1) is 16.0. The summed E-state index contributed by atoms with van der Waals surface area (Å²) in [6.45, 7) is 4.14. The van der Waals surface area contributed by atoms with E-state index >= 15 is 0 Å². The van der Waals surface area contributed by atoms with Crippen LogP contribution < -0.4 is 5.32 Å². The topological polar surface area (TPSA) is 29.1 Å². The molecule has 1 unspecified atom stereocenters. The molecule has 1 aromatic carbocycles. The summed E-state index contributed by atoms with van der Waals surface area (Å²) >= 11 is 0.497. The lowest BCUT2D eigenvalue weighted by molar-refractivity contribution is -0.117. The van der Waals surface area contributed by atoms with E-state index in [-0.39, 0.29) is 5.91 Å². The Morgan fingerprint density at radius 3 is 2.47 bits per heavy atom. The number of hydrogen-bond acceptors (Lipinski definition) is 2. The van der Waals surface area contributed by atoms with Crippen LogP contribution in [0.1, 0.15) is 33.1 Å². The fourth-order valence-corrected chi connectivity index (χ4v) is 2.34. The molecule has 0 fully saturated rings. The minimum absolute atomic E-state index is 0.0322. The van der Waals surface area contributed by atoms with Crippen molar-refractivity contribution in [2.24, 2.45) is 5.92 Å². The van der Waals surface area contributed by atoms with E-state index in [9.17, 15) is 13.6 Å². The lowest BCUT2D eigenvalue weighted by Gasteiger charge is -2.10. The predicted molar refractivity (Wildman–Crippen MR) is 75.6 cm³/mol. The van der Waals surface area contributed by atoms with Crippen LogP contribution in [0, 0.1) is 5.92 Å². The normalized spacial score (nSPS) is 12.5. The highest BCUT2D eigenvalue weighted by molar-refractivity contribution is 7.99. The number of carbonyl (C=O) groups excluding carboxylic acids is 1. The van der Waals surface area contributed by atoms with E-state index in [1.807, 2.05) is 6.92 Å². The summed E-state index contributed by atoms with van der Waals surface area (Å²) in [6.07, 6.45) is 2.58. The minimum Gasteiger partial charge on any atom is -0.326 e. The molecular formula is C14H19F2NOS. The van der Waals surface area contributed by atoms with Gasteiger partial charge in [-0.05, 0) is 30.2 Å². The van der Waals surface area contributed by atoms with Crippen LogP contribution in [0.4, 0.5) is 14.5 Å². The van der Waals surface area contributed by atoms with Gasteiger partial charge >= 0.3 is 0 Å². The first-order chi connectivity index (χ1) is 9.01. The van der Waals surface area contributed by atoms with Crippen molar-refractivity contribution in [3.8, 4) is 0 Å². The Morgan fingerprint density at radius 2 is 1.95 bits per heavy atom. The Kier molecular flexibility index (Phi) is 6.84. The maximum absolute atomic E-state index is 12.1. The average molecular weight is 287 g/mol. The van der Waals surface area contributed by atoms with Crippen LogP contribution in [0.15, 0.2) is 29.2 Å². The van der Waals surface area contributed by atoms with Crippen LogP contribution in [0.2, 0.25) is 0 Å². The van der Waals surface area contributed by atoms with Crippen molar-refractivity contribution in [2.75, 3.05) is 5.32 Å². The lowest BCUT2D eigenvalue weighted by Crippen LogP contribution is -2.14. The van der Waals surface area contributed by atoms with Crippen molar-refractivity contribution in [3.05, 3.63) is 24.3 Å². The molecule has 0 aliphatic carbocycles. The van der Waals surface area contributed by atoms with E-state index in [0.29, 0.717) is 34.7 Å². The Morgan fingerprint density at radius 1 is 1.32 bits per heavy atom. The number of amides is 1. The van der Waals surface area contributed by atoms with Gasteiger partial charge in [-0.1, -0.05) is 38.5 Å². The summed E-state index contributed by atoms with van der Waals surface area (Å²) in [5.74, 6) is -2.09. The van der Waals surface area contributed by atoms with E-state index < -0.39 is 5.76 Å². The highest BCUT2D eigenvalue weighted by atomic mass is 32.2. The molecule has 1 aromatic rings. The van der Waals surface area contributed by atoms with E-state index in [1.165, 1.54) is 0 Å². The first-order valence-corrected chi connectivity index (χ1v) is 7.24. The van der Waals surface area contributed by atoms with Crippen LogP contribution >= 0.6 is 11.8 Å². The van der Waals surface area contributed by atoms with Gasteiger partial charge in [-0.2, -0.15) is 8.78 Å². The van der Waals surface area contributed by atoms with E-state index in [4.69, 9.17) is 0 Å². The van der Waals surface area contributed by atoms with E-state index in [2.05, 4.69) is 12.2 Å². The molecule has 5 heteroatoms. The number of rotatable bonds is 7. The summed E-state index contributed by atoms with van der Waals surface area (Å²) in [5.41, 5.74) is 0.646. The SMILES string of the molecule is CCCC(C)CC(=O)Nc1ccc(SC(F)F)cc1. The standard InChI is InChI=1S/C14H19F2NOS/c1-3-4-10(2)9-13(18)17-11-5-7-12(8-6-11)19-14(15)16/h5-8,10,14H,3-4,9H2,1-2H3,(H,17,18). The third-order valence-electron chi connectivity index (χ3n) is 2.68. The van der Waals surface area contributed by atoms with Crippen molar-refractivity contribution in [2.45, 2.75) is 43.8 Å². The Labute approximate surface area is 117 Å². The van der Waals surface area contributed by atoms with Crippen molar-refractivity contribution < 1.29 is 13.6 Å². The maximum atomic E-state index is 12.1. The molecule has 0 radical (unpaired) electrons. The number of halogens is 2. The van der Waals surface area contributed by atoms with Crippen molar-refractivity contribution in [1.82, 2.24) is 0 Å². The Balaban J connectivity index is 2.46. The molecule has 1 rings (SSSR count). The predicted octanol–water partition coefficient (Wildman–Crippen LogP) is 4.77. The third-order valence-corrected chi connectivity index (χ3v) is 3.40. The fourth-order valence-electron chi connectivity index (χ4n) is 1.84. The van der Waals surface area contributed by atoms with Gasteiger partial charge in [0.05, 0.1) is 0 Å². The van der Waals surface area contributed by atoms with Gasteiger partial charge < -0.3 is 5.32 Å². The molecule has 0 saturated carbocycles. The molecular weight excluding hydrogens is 268 g/mol. The van der Waals surface area contributed by atoms with E-state index in [1.54, 1.807) is 24.3 Å². The van der Waals surface area contributed by atoms with Crippen molar-refractivity contribution >= 4 is 23.4 Å². The summed E-state index contributed by atoms with van der Waals surface area (Å²) in [7, 11) is 0. The number of anilines is 1. The number of nitrogens with one attached hydrogen (secondary N) is 1. The smallest absolute Gasteiger partial charge is 0.288 e. The number of benzene rings is 1. The Hall–Kier alpha value is -1.10. The number of carbonyl (C=O) groups is 1. The van der Waals surface area contributed by atoms with Crippen LogP contribution in [-0.2, 0) is 4.79 Å². The van der Waals surface area contributed by atoms with Crippen LogP contribution in [-0.4, -0.2) is 11.7 Å². The number of thioether (sulfide) groups is 1. The van der Waals surface area contributed by atoms with Gasteiger partial charge in [-0.15, -0.1) is 0 Å². The van der Waals surface area contributed by atoms with E-state index in [0.717, 1.165) is 12.8 Å². The van der Waals surface area contributed by atoms with Gasteiger partial charge in [0.15, 0.2) is 0 Å². The monoisotopic (exact) mass is 287 g/mol. The zero-order chi connectivity index (χ0) is 14.3. The second-order valence-electron chi connectivity index (χ2n) is 4.55. The quantitative estimate of drug-likeness (QED) is 0.732. The van der Waals surface area contributed by atoms with Gasteiger partial charge in [0.25, 0.3) is 5.76 Å². The number of hydrogen-bond donors (Lipinski definition) is 1. The molecule has 0 spiro atoms. The molecule has 0 aliphatic rings. The zero-order valence-electron chi connectivity index (χ0n) is 11.2. The molecule has 0 heterocycles. The second-order valence-corrected chi connectivity index (χ2v) is 5.61. The van der Waals surface area contributed by atoms with Crippen LogP contribution in [0.25, 0.3) is 0 Å². The van der Waals surface area contributed by atoms with Crippen molar-refractivity contribution in [1.29, 1.82) is 0 Å². The molecule has 19 heavy (non-hydrogen) atoms. The molecule has 1 amide bonds. The molecule has 0 aromatic heterocycles. The summed E-state index contributed by atoms with van der Waals surface area (Å²) in [6, 6.07) is 6.46.